The Bertz CT molecular complexity index is 1110. The van der Waals surface area contributed by atoms with Crippen LogP contribution in [-0.4, -0.2) is 78.2 Å². The summed E-state index contributed by atoms with van der Waals surface area (Å²) in [6.07, 6.45) is 3.02. The molecule has 1 atom stereocenters. The summed E-state index contributed by atoms with van der Waals surface area (Å²) in [6.45, 7) is 4.37. The van der Waals surface area contributed by atoms with Crippen LogP contribution in [0, 0.1) is 5.92 Å². The van der Waals surface area contributed by atoms with Crippen molar-refractivity contribution in [3.05, 3.63) is 40.0 Å². The van der Waals surface area contributed by atoms with E-state index < -0.39 is 0 Å². The molecule has 3 heterocycles. The fraction of sp³-hybridized carbons (Fsp3) is 0.538. The average Bonchev–Trinajstić information content (AvgIpc) is 3.59. The van der Waals surface area contributed by atoms with Crippen LogP contribution in [-0.2, 0) is 19.1 Å². The second-order valence-corrected chi connectivity index (χ2v) is 10.1. The van der Waals surface area contributed by atoms with Crippen LogP contribution < -0.4 is 0 Å². The van der Waals surface area contributed by atoms with Gasteiger partial charge in [-0.25, -0.2) is 0 Å². The Labute approximate surface area is 225 Å². The summed E-state index contributed by atoms with van der Waals surface area (Å²) in [6, 6.07) is 6.51. The number of nitrogens with zero attached hydrogens (tertiary/aromatic N) is 3. The summed E-state index contributed by atoms with van der Waals surface area (Å²) in [4.78, 5) is 41.7. The Hall–Kier alpha value is -2.62. The van der Waals surface area contributed by atoms with Gasteiger partial charge in [-0.1, -0.05) is 28.4 Å². The van der Waals surface area contributed by atoms with Gasteiger partial charge in [0.25, 0.3) is 5.91 Å². The predicted molar refractivity (Wildman–Crippen MR) is 137 cm³/mol. The van der Waals surface area contributed by atoms with E-state index in [0.717, 1.165) is 12.8 Å². The topological polar surface area (TPSA) is 102 Å². The van der Waals surface area contributed by atoms with Gasteiger partial charge < -0.3 is 23.8 Å². The standard InChI is InChI=1S/C26H31Cl2N3O6/c1-2-35-26(34)17-7-10-30(11-8-17)24(32)9-12-31(16-19-4-3-13-36-19)25(33)22-15-23(37-29-22)20-6-5-18(27)14-21(20)28/h5-6,14-15,17,19H,2-4,7-13,16H2,1H3/t19-/m0/s1. The van der Waals surface area contributed by atoms with Crippen molar-refractivity contribution in [2.24, 2.45) is 5.92 Å². The van der Waals surface area contributed by atoms with Crippen LogP contribution in [0.1, 0.15) is 49.5 Å². The second kappa shape index (κ2) is 12.8. The Morgan fingerprint density at radius 3 is 2.62 bits per heavy atom. The maximum Gasteiger partial charge on any atom is 0.309 e. The van der Waals surface area contributed by atoms with Crippen LogP contribution in [0.15, 0.2) is 28.8 Å². The fourth-order valence-corrected chi connectivity index (χ4v) is 5.18. The van der Waals surface area contributed by atoms with Gasteiger partial charge in [0.15, 0.2) is 11.5 Å². The molecule has 2 saturated heterocycles. The number of hydrogen-bond acceptors (Lipinski definition) is 7. The monoisotopic (exact) mass is 551 g/mol. The third-order valence-corrected chi connectivity index (χ3v) is 7.27. The van der Waals surface area contributed by atoms with Gasteiger partial charge in [-0.3, -0.25) is 14.4 Å². The molecule has 2 aliphatic heterocycles. The van der Waals surface area contributed by atoms with Crippen molar-refractivity contribution in [1.82, 2.24) is 15.0 Å². The number of benzene rings is 1. The van der Waals surface area contributed by atoms with E-state index in [1.54, 1.807) is 41.0 Å². The highest BCUT2D eigenvalue weighted by Crippen LogP contribution is 2.31. The molecular weight excluding hydrogens is 521 g/mol. The van der Waals surface area contributed by atoms with Gasteiger partial charge in [-0.2, -0.15) is 0 Å². The molecule has 200 valence electrons. The lowest BCUT2D eigenvalue weighted by molar-refractivity contribution is -0.151. The van der Waals surface area contributed by atoms with E-state index in [1.807, 2.05) is 0 Å². The quantitative estimate of drug-likeness (QED) is 0.424. The molecule has 2 aromatic rings. The molecule has 37 heavy (non-hydrogen) atoms. The molecule has 9 nitrogen and oxygen atoms in total. The lowest BCUT2D eigenvalue weighted by Crippen LogP contribution is -2.43. The summed E-state index contributed by atoms with van der Waals surface area (Å²) in [5.41, 5.74) is 0.700. The smallest absolute Gasteiger partial charge is 0.309 e. The fourth-order valence-electron chi connectivity index (χ4n) is 4.68. The molecule has 0 radical (unpaired) electrons. The van der Waals surface area contributed by atoms with E-state index in [4.69, 9.17) is 37.2 Å². The summed E-state index contributed by atoms with van der Waals surface area (Å²) in [5.74, 6) is -0.417. The van der Waals surface area contributed by atoms with Gasteiger partial charge in [-0.15, -0.1) is 0 Å². The maximum atomic E-state index is 13.4. The molecule has 4 rings (SSSR count). The Morgan fingerprint density at radius 1 is 1.16 bits per heavy atom. The van der Waals surface area contributed by atoms with Gasteiger partial charge >= 0.3 is 5.97 Å². The van der Waals surface area contributed by atoms with E-state index in [0.29, 0.717) is 67.1 Å². The SMILES string of the molecule is CCOC(=O)C1CCN(C(=O)CCN(C[C@@H]2CCCO2)C(=O)c2cc(-c3ccc(Cl)cc3Cl)on2)CC1. The van der Waals surface area contributed by atoms with Crippen molar-refractivity contribution >= 4 is 41.0 Å². The minimum atomic E-state index is -0.343. The number of hydrogen-bond donors (Lipinski definition) is 0. The third kappa shape index (κ3) is 7.03. The normalized spacial score (nSPS) is 18.1. The molecule has 0 bridgehead atoms. The molecule has 0 saturated carbocycles. The Balaban J connectivity index is 1.39. The first-order valence-electron chi connectivity index (χ1n) is 12.6. The Morgan fingerprint density at radius 2 is 1.95 bits per heavy atom. The van der Waals surface area contributed by atoms with Crippen molar-refractivity contribution in [3.8, 4) is 11.3 Å². The number of carbonyl (C=O) groups is 3. The minimum absolute atomic E-state index is 0.0544. The van der Waals surface area contributed by atoms with Gasteiger partial charge in [0.05, 0.1) is 23.7 Å². The van der Waals surface area contributed by atoms with Crippen LogP contribution in [0.5, 0.6) is 0 Å². The van der Waals surface area contributed by atoms with Gasteiger partial charge in [0.2, 0.25) is 5.91 Å². The summed E-state index contributed by atoms with van der Waals surface area (Å²) in [7, 11) is 0. The van der Waals surface area contributed by atoms with Crippen LogP contribution in [0.4, 0.5) is 0 Å². The highest BCUT2D eigenvalue weighted by molar-refractivity contribution is 6.36. The molecule has 0 N–H and O–H groups in total. The highest BCUT2D eigenvalue weighted by atomic mass is 35.5. The Kier molecular flexibility index (Phi) is 9.45. The summed E-state index contributed by atoms with van der Waals surface area (Å²) < 4.78 is 16.3. The van der Waals surface area contributed by atoms with Gasteiger partial charge in [0.1, 0.15) is 0 Å². The van der Waals surface area contributed by atoms with Crippen molar-refractivity contribution in [2.75, 3.05) is 39.4 Å². The second-order valence-electron chi connectivity index (χ2n) is 9.24. The number of halogens is 2. The largest absolute Gasteiger partial charge is 0.466 e. The third-order valence-electron chi connectivity index (χ3n) is 6.72. The lowest BCUT2D eigenvalue weighted by Gasteiger charge is -2.32. The van der Waals surface area contributed by atoms with E-state index in [1.165, 1.54) is 0 Å². The predicted octanol–water partition coefficient (Wildman–Crippen LogP) is 4.46. The number of rotatable bonds is 9. The number of piperidine rings is 1. The van der Waals surface area contributed by atoms with E-state index >= 15 is 0 Å². The minimum Gasteiger partial charge on any atom is -0.466 e. The molecule has 2 fully saturated rings. The molecule has 2 aliphatic rings. The molecule has 1 aromatic carbocycles. The van der Waals surface area contributed by atoms with Gasteiger partial charge in [-0.05, 0) is 50.8 Å². The first-order chi connectivity index (χ1) is 17.9. The zero-order chi connectivity index (χ0) is 26.4. The average molecular weight is 552 g/mol. The lowest BCUT2D eigenvalue weighted by atomic mass is 9.97. The van der Waals surface area contributed by atoms with E-state index in [-0.39, 0.29) is 48.5 Å². The van der Waals surface area contributed by atoms with Crippen LogP contribution in [0.25, 0.3) is 11.3 Å². The van der Waals surface area contributed by atoms with Crippen molar-refractivity contribution in [3.63, 3.8) is 0 Å². The number of amides is 2. The molecule has 2 amide bonds. The zero-order valence-electron chi connectivity index (χ0n) is 20.8. The molecule has 0 aliphatic carbocycles. The molecule has 11 heteroatoms. The van der Waals surface area contributed by atoms with E-state index in [9.17, 15) is 14.4 Å². The summed E-state index contributed by atoms with van der Waals surface area (Å²) >= 11 is 12.3. The summed E-state index contributed by atoms with van der Waals surface area (Å²) in [5, 5.41) is 4.84. The molecule has 0 spiro atoms. The maximum absolute atomic E-state index is 13.4. The van der Waals surface area contributed by atoms with Crippen molar-refractivity contribution < 1.29 is 28.4 Å². The van der Waals surface area contributed by atoms with E-state index in [2.05, 4.69) is 5.16 Å². The highest BCUT2D eigenvalue weighted by Gasteiger charge is 2.30. The van der Waals surface area contributed by atoms with Crippen molar-refractivity contribution in [2.45, 2.75) is 45.1 Å². The number of likely N-dealkylation sites (tertiary alicyclic amines) is 1. The molecule has 0 unspecified atom stereocenters. The molecule has 1 aromatic heterocycles. The van der Waals surface area contributed by atoms with Gasteiger partial charge in [0, 0.05) is 55.9 Å². The number of aromatic nitrogens is 1. The first kappa shape index (κ1) is 27.4. The number of carbonyl (C=O) groups excluding carboxylic acids is 3. The van der Waals surface area contributed by atoms with Crippen LogP contribution in [0.2, 0.25) is 10.0 Å². The zero-order valence-corrected chi connectivity index (χ0v) is 22.3. The number of esters is 1. The van der Waals surface area contributed by atoms with Crippen molar-refractivity contribution in [1.29, 1.82) is 0 Å². The number of ether oxygens (including phenoxy) is 2. The molecular formula is C26H31Cl2N3O6. The first-order valence-corrected chi connectivity index (χ1v) is 13.4. The van der Waals surface area contributed by atoms with Crippen LogP contribution in [0.3, 0.4) is 0 Å². The van der Waals surface area contributed by atoms with Crippen LogP contribution >= 0.6 is 23.2 Å².